The molecule has 1 fully saturated rings. The number of nitrogens with zero attached hydrogens (tertiary/aromatic N) is 2. The van der Waals surface area contributed by atoms with Crippen LogP contribution in [0.15, 0.2) is 18.5 Å². The maximum atomic E-state index is 11.8. The lowest BCUT2D eigenvalue weighted by Crippen LogP contribution is -2.40. The van der Waals surface area contributed by atoms with Crippen molar-refractivity contribution < 1.29 is 4.79 Å². The number of carbonyl (C=O) groups excluding carboxylic acids is 1. The largest absolute Gasteiger partial charge is 0.350 e. The van der Waals surface area contributed by atoms with E-state index in [0.29, 0.717) is 12.0 Å². The Hall–Kier alpha value is -1.58. The fourth-order valence-electron chi connectivity index (χ4n) is 2.46. The van der Waals surface area contributed by atoms with E-state index in [9.17, 15) is 4.79 Å². The van der Waals surface area contributed by atoms with Gasteiger partial charge in [0.1, 0.15) is 0 Å². The van der Waals surface area contributed by atoms with Crippen LogP contribution in [0.5, 0.6) is 0 Å². The molecule has 4 nitrogen and oxygen atoms in total. The second-order valence-corrected chi connectivity index (χ2v) is 5.16. The van der Waals surface area contributed by atoms with Crippen LogP contribution in [-0.2, 0) is 11.8 Å². The minimum Gasteiger partial charge on any atom is -0.350 e. The molecule has 0 spiro atoms. The highest BCUT2D eigenvalue weighted by Gasteiger charge is 2.21. The number of aromatic nitrogens is 2. The van der Waals surface area contributed by atoms with Crippen molar-refractivity contribution in [1.82, 2.24) is 15.1 Å². The Balaban J connectivity index is 1.86. The standard InChI is InChI=1S/C14H21N3O/c1-11-5-3-4-6-13(11)16-14(18)8-7-12-9-15-17(2)10-12/h7-11,13H,3-6H2,1-2H3,(H,16,18)/b8-7+/t11-,13-/m0/s1. The summed E-state index contributed by atoms with van der Waals surface area (Å²) >= 11 is 0. The number of rotatable bonds is 3. The molecule has 1 N–H and O–H groups in total. The number of aryl methyl sites for hydroxylation is 1. The SMILES string of the molecule is C[C@H]1CCCC[C@@H]1NC(=O)/C=C/c1cnn(C)c1. The normalized spacial score (nSPS) is 24.3. The van der Waals surface area contributed by atoms with Crippen LogP contribution in [-0.4, -0.2) is 21.7 Å². The van der Waals surface area contributed by atoms with Gasteiger partial charge in [-0.1, -0.05) is 19.8 Å². The number of amides is 1. The Morgan fingerprint density at radius 2 is 2.28 bits per heavy atom. The van der Waals surface area contributed by atoms with Crippen molar-refractivity contribution >= 4 is 12.0 Å². The predicted molar refractivity (Wildman–Crippen MR) is 71.8 cm³/mol. The lowest BCUT2D eigenvalue weighted by molar-refractivity contribution is -0.117. The molecule has 1 saturated carbocycles. The van der Waals surface area contributed by atoms with Gasteiger partial charge in [0.25, 0.3) is 0 Å². The Morgan fingerprint density at radius 1 is 1.50 bits per heavy atom. The highest BCUT2D eigenvalue weighted by atomic mass is 16.1. The summed E-state index contributed by atoms with van der Waals surface area (Å²) in [6.45, 7) is 2.22. The van der Waals surface area contributed by atoms with Gasteiger partial charge in [-0.05, 0) is 24.8 Å². The maximum absolute atomic E-state index is 11.8. The maximum Gasteiger partial charge on any atom is 0.244 e. The molecule has 0 bridgehead atoms. The molecule has 1 aliphatic carbocycles. The fourth-order valence-corrected chi connectivity index (χ4v) is 2.46. The third-order valence-corrected chi connectivity index (χ3v) is 3.59. The molecule has 18 heavy (non-hydrogen) atoms. The molecule has 0 radical (unpaired) electrons. The number of nitrogens with one attached hydrogen (secondary N) is 1. The zero-order valence-corrected chi connectivity index (χ0v) is 11.1. The van der Waals surface area contributed by atoms with Crippen molar-refractivity contribution in [3.8, 4) is 0 Å². The second kappa shape index (κ2) is 5.85. The van der Waals surface area contributed by atoms with Gasteiger partial charge in [0, 0.05) is 30.9 Å². The lowest BCUT2D eigenvalue weighted by Gasteiger charge is -2.29. The van der Waals surface area contributed by atoms with E-state index in [0.717, 1.165) is 12.0 Å². The molecule has 0 saturated heterocycles. The highest BCUT2D eigenvalue weighted by molar-refractivity contribution is 5.91. The molecule has 0 unspecified atom stereocenters. The van der Waals surface area contributed by atoms with E-state index in [4.69, 9.17) is 0 Å². The monoisotopic (exact) mass is 247 g/mol. The Bertz CT molecular complexity index is 436. The fraction of sp³-hybridized carbons (Fsp3) is 0.571. The van der Waals surface area contributed by atoms with E-state index in [1.165, 1.54) is 19.3 Å². The lowest BCUT2D eigenvalue weighted by atomic mass is 9.86. The van der Waals surface area contributed by atoms with Gasteiger partial charge in [-0.25, -0.2) is 0 Å². The topological polar surface area (TPSA) is 46.9 Å². The molecular formula is C14H21N3O. The van der Waals surface area contributed by atoms with Gasteiger partial charge in [0.2, 0.25) is 5.91 Å². The average molecular weight is 247 g/mol. The zero-order chi connectivity index (χ0) is 13.0. The molecule has 1 heterocycles. The summed E-state index contributed by atoms with van der Waals surface area (Å²) in [5.74, 6) is 0.590. The minimum atomic E-state index is -0.00222. The summed E-state index contributed by atoms with van der Waals surface area (Å²) in [5.41, 5.74) is 0.948. The molecule has 0 aliphatic heterocycles. The van der Waals surface area contributed by atoms with E-state index in [1.54, 1.807) is 23.0 Å². The average Bonchev–Trinajstić information content (AvgIpc) is 2.76. The Labute approximate surface area is 108 Å². The second-order valence-electron chi connectivity index (χ2n) is 5.16. The van der Waals surface area contributed by atoms with Gasteiger partial charge < -0.3 is 5.32 Å². The van der Waals surface area contributed by atoms with Crippen LogP contribution < -0.4 is 5.32 Å². The molecule has 2 atom stereocenters. The van der Waals surface area contributed by atoms with Crippen LogP contribution in [0.4, 0.5) is 0 Å². The van der Waals surface area contributed by atoms with E-state index >= 15 is 0 Å². The van der Waals surface area contributed by atoms with E-state index in [2.05, 4.69) is 17.3 Å². The first kappa shape index (κ1) is 12.9. The van der Waals surface area contributed by atoms with Crippen LogP contribution in [0.3, 0.4) is 0 Å². The first-order valence-electron chi connectivity index (χ1n) is 6.62. The molecular weight excluding hydrogens is 226 g/mol. The number of hydrogen-bond acceptors (Lipinski definition) is 2. The molecule has 1 amide bonds. The summed E-state index contributed by atoms with van der Waals surface area (Å²) in [4.78, 5) is 11.8. The van der Waals surface area contributed by atoms with Gasteiger partial charge in [-0.15, -0.1) is 0 Å². The molecule has 1 aromatic heterocycles. The molecule has 4 heteroatoms. The van der Waals surface area contributed by atoms with E-state index in [-0.39, 0.29) is 5.91 Å². The van der Waals surface area contributed by atoms with Crippen LogP contribution in [0.1, 0.15) is 38.2 Å². The van der Waals surface area contributed by atoms with Gasteiger partial charge in [-0.3, -0.25) is 9.48 Å². The van der Waals surface area contributed by atoms with Crippen LogP contribution in [0.2, 0.25) is 0 Å². The third-order valence-electron chi connectivity index (χ3n) is 3.59. The molecule has 2 rings (SSSR count). The van der Waals surface area contributed by atoms with Gasteiger partial charge in [-0.2, -0.15) is 5.10 Å². The van der Waals surface area contributed by atoms with Gasteiger partial charge in [0.15, 0.2) is 0 Å². The van der Waals surface area contributed by atoms with Crippen LogP contribution in [0, 0.1) is 5.92 Å². The first-order chi connectivity index (χ1) is 8.65. The van der Waals surface area contributed by atoms with Crippen LogP contribution >= 0.6 is 0 Å². The smallest absolute Gasteiger partial charge is 0.244 e. The summed E-state index contributed by atoms with van der Waals surface area (Å²) in [6, 6.07) is 0.338. The van der Waals surface area contributed by atoms with Crippen molar-refractivity contribution in [2.45, 2.75) is 38.6 Å². The number of carbonyl (C=O) groups is 1. The third kappa shape index (κ3) is 3.45. The molecule has 0 aromatic carbocycles. The van der Waals surface area contributed by atoms with Crippen molar-refractivity contribution in [1.29, 1.82) is 0 Å². The molecule has 1 aliphatic rings. The Kier molecular flexibility index (Phi) is 4.18. The summed E-state index contributed by atoms with van der Waals surface area (Å²) in [7, 11) is 1.86. The summed E-state index contributed by atoms with van der Waals surface area (Å²) in [6.07, 6.45) is 11.9. The number of hydrogen-bond donors (Lipinski definition) is 1. The van der Waals surface area contributed by atoms with Gasteiger partial charge in [0.05, 0.1) is 6.20 Å². The quantitative estimate of drug-likeness (QED) is 0.832. The molecule has 1 aromatic rings. The van der Waals surface area contributed by atoms with Crippen LogP contribution in [0.25, 0.3) is 6.08 Å². The Morgan fingerprint density at radius 3 is 2.94 bits per heavy atom. The van der Waals surface area contributed by atoms with Crippen molar-refractivity contribution in [3.63, 3.8) is 0 Å². The summed E-state index contributed by atoms with van der Waals surface area (Å²) < 4.78 is 1.72. The van der Waals surface area contributed by atoms with Gasteiger partial charge >= 0.3 is 0 Å². The van der Waals surface area contributed by atoms with Crippen molar-refractivity contribution in [2.75, 3.05) is 0 Å². The summed E-state index contributed by atoms with van der Waals surface area (Å²) in [5, 5.41) is 7.15. The van der Waals surface area contributed by atoms with E-state index in [1.807, 2.05) is 13.2 Å². The zero-order valence-electron chi connectivity index (χ0n) is 11.1. The predicted octanol–water partition coefficient (Wildman–Crippen LogP) is 2.13. The van der Waals surface area contributed by atoms with Crippen molar-refractivity contribution in [3.05, 3.63) is 24.0 Å². The van der Waals surface area contributed by atoms with E-state index < -0.39 is 0 Å². The highest BCUT2D eigenvalue weighted by Crippen LogP contribution is 2.23. The van der Waals surface area contributed by atoms with Crippen molar-refractivity contribution in [2.24, 2.45) is 13.0 Å². The molecule has 98 valence electrons. The first-order valence-corrected chi connectivity index (χ1v) is 6.62. The minimum absolute atomic E-state index is 0.00222.